The van der Waals surface area contributed by atoms with Crippen molar-refractivity contribution in [3.63, 3.8) is 0 Å². The van der Waals surface area contributed by atoms with Crippen molar-refractivity contribution in [2.75, 3.05) is 0 Å². The molecule has 0 saturated carbocycles. The van der Waals surface area contributed by atoms with E-state index in [2.05, 4.69) is 111 Å². The van der Waals surface area contributed by atoms with Crippen molar-refractivity contribution in [1.29, 1.82) is 5.26 Å². The Labute approximate surface area is 297 Å². The van der Waals surface area contributed by atoms with Gasteiger partial charge in [-0.05, 0) is 79.5 Å². The van der Waals surface area contributed by atoms with Crippen molar-refractivity contribution >= 4 is 10.8 Å². The predicted molar refractivity (Wildman–Crippen MR) is 207 cm³/mol. The molecule has 51 heavy (non-hydrogen) atoms. The molecule has 0 aliphatic heterocycles. The van der Waals surface area contributed by atoms with Gasteiger partial charge in [0.05, 0.1) is 11.6 Å². The van der Waals surface area contributed by atoms with Gasteiger partial charge in [0.1, 0.15) is 0 Å². The molecule has 1 aromatic heterocycles. The molecule has 9 rings (SSSR count). The normalized spacial score (nSPS) is 12.6. The van der Waals surface area contributed by atoms with Gasteiger partial charge in [0.2, 0.25) is 0 Å². The summed E-state index contributed by atoms with van der Waals surface area (Å²) >= 11 is 0. The van der Waals surface area contributed by atoms with Crippen LogP contribution in [0.4, 0.5) is 0 Å². The van der Waals surface area contributed by atoms with Crippen LogP contribution in [0.5, 0.6) is 0 Å². The number of hydrogen-bond donors (Lipinski definition) is 0. The standard InChI is InChI=1S/C47H32N4/c1-47(2)41-15-9-14-39(43(41)40-25-16-30(29-48)26-42(40)47)37-24-20-32-19-23-36(27-38(32)28-37)31-17-21-35(22-18-31)46-50-44(33-10-5-3-6-11-33)49-45(51-46)34-12-7-4-8-13-34/h3-28H,1-2H3. The van der Waals surface area contributed by atoms with Gasteiger partial charge in [-0.15, -0.1) is 0 Å². The molecule has 0 fully saturated rings. The van der Waals surface area contributed by atoms with Crippen molar-refractivity contribution in [3.8, 4) is 73.6 Å². The largest absolute Gasteiger partial charge is 0.208 e. The number of fused-ring (bicyclic) bond motifs is 4. The Morgan fingerprint density at radius 3 is 1.61 bits per heavy atom. The number of nitrogens with zero attached hydrogens (tertiary/aromatic N) is 4. The lowest BCUT2D eigenvalue weighted by Crippen LogP contribution is -2.15. The van der Waals surface area contributed by atoms with Crippen LogP contribution in [0.15, 0.2) is 158 Å². The second kappa shape index (κ2) is 12.0. The average molecular weight is 653 g/mol. The highest BCUT2D eigenvalue weighted by Crippen LogP contribution is 2.52. The number of rotatable bonds is 5. The van der Waals surface area contributed by atoms with Gasteiger partial charge in [0, 0.05) is 22.1 Å². The first-order valence-electron chi connectivity index (χ1n) is 17.2. The van der Waals surface area contributed by atoms with E-state index in [0.717, 1.165) is 27.8 Å². The second-order valence-corrected chi connectivity index (χ2v) is 13.6. The Balaban J connectivity index is 1.08. The van der Waals surface area contributed by atoms with Crippen molar-refractivity contribution in [2.24, 2.45) is 0 Å². The molecule has 7 aromatic carbocycles. The molecular formula is C47H32N4. The highest BCUT2D eigenvalue weighted by molar-refractivity contribution is 5.97. The van der Waals surface area contributed by atoms with Gasteiger partial charge in [-0.2, -0.15) is 5.26 Å². The van der Waals surface area contributed by atoms with Crippen molar-refractivity contribution in [1.82, 2.24) is 15.0 Å². The Hall–Kier alpha value is -6.70. The van der Waals surface area contributed by atoms with Crippen LogP contribution in [-0.4, -0.2) is 15.0 Å². The van der Waals surface area contributed by atoms with Crippen LogP contribution in [0.2, 0.25) is 0 Å². The smallest absolute Gasteiger partial charge is 0.164 e. The molecule has 0 bridgehead atoms. The maximum absolute atomic E-state index is 9.60. The first kappa shape index (κ1) is 30.4. The molecule has 4 nitrogen and oxygen atoms in total. The number of benzene rings is 7. The van der Waals surface area contributed by atoms with Gasteiger partial charge in [0.15, 0.2) is 17.5 Å². The Kier molecular flexibility index (Phi) is 7.15. The van der Waals surface area contributed by atoms with E-state index in [0.29, 0.717) is 23.0 Å². The van der Waals surface area contributed by atoms with Gasteiger partial charge in [-0.25, -0.2) is 15.0 Å². The van der Waals surface area contributed by atoms with Crippen LogP contribution in [0.3, 0.4) is 0 Å². The molecule has 1 aliphatic carbocycles. The van der Waals surface area contributed by atoms with Crippen LogP contribution in [0.1, 0.15) is 30.5 Å². The maximum atomic E-state index is 9.60. The lowest BCUT2D eigenvalue weighted by molar-refractivity contribution is 0.660. The topological polar surface area (TPSA) is 62.5 Å². The van der Waals surface area contributed by atoms with Crippen LogP contribution >= 0.6 is 0 Å². The first-order chi connectivity index (χ1) is 25.0. The lowest BCUT2D eigenvalue weighted by atomic mass is 9.81. The summed E-state index contributed by atoms with van der Waals surface area (Å²) < 4.78 is 0. The first-order valence-corrected chi connectivity index (χ1v) is 17.2. The Bertz CT molecular complexity index is 2600. The highest BCUT2D eigenvalue weighted by atomic mass is 15.0. The van der Waals surface area contributed by atoms with Crippen molar-refractivity contribution < 1.29 is 0 Å². The van der Waals surface area contributed by atoms with E-state index >= 15 is 0 Å². The SMILES string of the molecule is CC1(C)c2cc(C#N)ccc2-c2c(-c3ccc4ccc(-c5ccc(-c6nc(-c7ccccc7)nc(-c7ccccc7)n6)cc5)cc4c3)cccc21. The maximum Gasteiger partial charge on any atom is 0.164 e. The van der Waals surface area contributed by atoms with E-state index in [-0.39, 0.29) is 5.41 Å². The summed E-state index contributed by atoms with van der Waals surface area (Å²) in [6, 6.07) is 57.0. The third-order valence-electron chi connectivity index (χ3n) is 10.2. The second-order valence-electron chi connectivity index (χ2n) is 13.6. The van der Waals surface area contributed by atoms with Crippen LogP contribution < -0.4 is 0 Å². The summed E-state index contributed by atoms with van der Waals surface area (Å²) in [6.07, 6.45) is 0. The number of aromatic nitrogens is 3. The van der Waals surface area contributed by atoms with Crippen molar-refractivity contribution in [3.05, 3.63) is 174 Å². The summed E-state index contributed by atoms with van der Waals surface area (Å²) in [6.45, 7) is 4.51. The molecule has 240 valence electrons. The average Bonchev–Trinajstić information content (AvgIpc) is 3.43. The molecule has 1 heterocycles. The molecule has 4 heteroatoms. The number of hydrogen-bond acceptors (Lipinski definition) is 4. The minimum absolute atomic E-state index is 0.183. The summed E-state index contributed by atoms with van der Waals surface area (Å²) in [5.41, 5.74) is 13.0. The minimum Gasteiger partial charge on any atom is -0.208 e. The molecule has 0 spiro atoms. The van der Waals surface area contributed by atoms with E-state index in [1.807, 2.05) is 66.7 Å². The fourth-order valence-corrected chi connectivity index (χ4v) is 7.44. The zero-order valence-electron chi connectivity index (χ0n) is 28.3. The van der Waals surface area contributed by atoms with E-state index in [9.17, 15) is 5.26 Å². The Morgan fingerprint density at radius 1 is 0.431 bits per heavy atom. The van der Waals surface area contributed by atoms with Gasteiger partial charge in [-0.1, -0.05) is 147 Å². The van der Waals surface area contributed by atoms with Gasteiger partial charge >= 0.3 is 0 Å². The van der Waals surface area contributed by atoms with Crippen LogP contribution in [0, 0.1) is 11.3 Å². The van der Waals surface area contributed by atoms with Crippen LogP contribution in [-0.2, 0) is 5.41 Å². The molecular weight excluding hydrogens is 621 g/mol. The minimum atomic E-state index is -0.183. The van der Waals surface area contributed by atoms with Gasteiger partial charge in [0.25, 0.3) is 0 Å². The van der Waals surface area contributed by atoms with Crippen LogP contribution in [0.25, 0.3) is 78.3 Å². The summed E-state index contributed by atoms with van der Waals surface area (Å²) in [5.74, 6) is 1.94. The van der Waals surface area contributed by atoms with Gasteiger partial charge < -0.3 is 0 Å². The fraction of sp³-hybridized carbons (Fsp3) is 0.0638. The van der Waals surface area contributed by atoms with E-state index in [1.165, 1.54) is 44.2 Å². The third kappa shape index (κ3) is 5.28. The fourth-order valence-electron chi connectivity index (χ4n) is 7.44. The molecule has 1 aliphatic rings. The highest BCUT2D eigenvalue weighted by Gasteiger charge is 2.37. The third-order valence-corrected chi connectivity index (χ3v) is 10.2. The molecule has 0 N–H and O–H groups in total. The molecule has 0 amide bonds. The quantitative estimate of drug-likeness (QED) is 0.186. The molecule has 0 saturated heterocycles. The summed E-state index contributed by atoms with van der Waals surface area (Å²) in [4.78, 5) is 14.6. The van der Waals surface area contributed by atoms with Gasteiger partial charge in [-0.3, -0.25) is 0 Å². The predicted octanol–water partition coefficient (Wildman–Crippen LogP) is 11.5. The summed E-state index contributed by atoms with van der Waals surface area (Å²) in [7, 11) is 0. The van der Waals surface area contributed by atoms with E-state index in [1.54, 1.807) is 0 Å². The van der Waals surface area contributed by atoms with Crippen molar-refractivity contribution in [2.45, 2.75) is 19.3 Å². The Morgan fingerprint density at radius 2 is 0.980 bits per heavy atom. The lowest BCUT2D eigenvalue weighted by Gasteiger charge is -2.21. The zero-order chi connectivity index (χ0) is 34.5. The zero-order valence-corrected chi connectivity index (χ0v) is 28.3. The molecule has 8 aromatic rings. The summed E-state index contributed by atoms with van der Waals surface area (Å²) in [5, 5.41) is 12.0. The number of nitriles is 1. The van der Waals surface area contributed by atoms with E-state index < -0.39 is 0 Å². The van der Waals surface area contributed by atoms with E-state index in [4.69, 9.17) is 15.0 Å². The molecule has 0 unspecified atom stereocenters. The molecule has 0 radical (unpaired) electrons. The molecule has 0 atom stereocenters. The monoisotopic (exact) mass is 652 g/mol.